The Morgan fingerprint density at radius 3 is 2.42 bits per heavy atom. The van der Waals surface area contributed by atoms with Crippen molar-refractivity contribution in [3.8, 4) is 5.69 Å². The first-order valence-electron chi connectivity index (χ1n) is 8.14. The average molecular weight is 360 g/mol. The topological polar surface area (TPSA) is 51.0 Å². The van der Waals surface area contributed by atoms with Gasteiger partial charge in [0.15, 0.2) is 5.13 Å². The molecule has 2 aromatic heterocycles. The molecule has 2 heterocycles. The van der Waals surface area contributed by atoms with Gasteiger partial charge in [0.1, 0.15) is 0 Å². The molecule has 0 aliphatic carbocycles. The van der Waals surface area contributed by atoms with Crippen LogP contribution in [0.2, 0.25) is 0 Å². The maximum atomic E-state index is 13.2. The number of benzene rings is 2. The number of anilines is 2. The number of amides is 1. The van der Waals surface area contributed by atoms with Crippen LogP contribution in [0.25, 0.3) is 5.69 Å². The van der Waals surface area contributed by atoms with E-state index in [0.717, 1.165) is 17.1 Å². The minimum atomic E-state index is -0.113. The van der Waals surface area contributed by atoms with E-state index in [-0.39, 0.29) is 5.91 Å². The molecule has 5 nitrogen and oxygen atoms in total. The summed E-state index contributed by atoms with van der Waals surface area (Å²) in [6, 6.07) is 18.8. The van der Waals surface area contributed by atoms with Crippen molar-refractivity contribution in [1.82, 2.24) is 14.8 Å². The van der Waals surface area contributed by atoms with Gasteiger partial charge in [0, 0.05) is 23.3 Å². The molecule has 0 aliphatic rings. The maximum Gasteiger partial charge on any atom is 0.264 e. The van der Waals surface area contributed by atoms with Crippen molar-refractivity contribution in [2.45, 2.75) is 6.92 Å². The first kappa shape index (κ1) is 16.2. The molecule has 0 N–H and O–H groups in total. The molecule has 0 atom stereocenters. The molecule has 2 aromatic carbocycles. The number of thiazole rings is 1. The zero-order chi connectivity index (χ0) is 17.9. The van der Waals surface area contributed by atoms with Crippen LogP contribution < -0.4 is 4.90 Å². The van der Waals surface area contributed by atoms with Gasteiger partial charge in [-0.3, -0.25) is 9.69 Å². The molecule has 0 bridgehead atoms. The Balaban J connectivity index is 1.70. The molecule has 1 amide bonds. The van der Waals surface area contributed by atoms with Gasteiger partial charge < -0.3 is 0 Å². The quantitative estimate of drug-likeness (QED) is 0.534. The smallest absolute Gasteiger partial charge is 0.264 e. The summed E-state index contributed by atoms with van der Waals surface area (Å²) in [7, 11) is 0. The van der Waals surface area contributed by atoms with Gasteiger partial charge in [-0.2, -0.15) is 5.10 Å². The number of hydrogen-bond donors (Lipinski definition) is 0. The van der Waals surface area contributed by atoms with Crippen molar-refractivity contribution in [3.05, 3.63) is 89.7 Å². The molecule has 4 aromatic rings. The van der Waals surface area contributed by atoms with Crippen LogP contribution in [0.1, 0.15) is 16.1 Å². The third kappa shape index (κ3) is 3.14. The molecule has 0 aliphatic heterocycles. The summed E-state index contributed by atoms with van der Waals surface area (Å²) in [6.45, 7) is 1.92. The van der Waals surface area contributed by atoms with E-state index in [0.29, 0.717) is 10.7 Å². The normalized spacial score (nSPS) is 10.7. The second-order valence-corrected chi connectivity index (χ2v) is 6.58. The molecular weight excluding hydrogens is 344 g/mol. The number of carbonyl (C=O) groups excluding carboxylic acids is 1. The maximum absolute atomic E-state index is 13.2. The third-order valence-electron chi connectivity index (χ3n) is 3.90. The van der Waals surface area contributed by atoms with Gasteiger partial charge in [-0.15, -0.1) is 11.3 Å². The molecule has 26 heavy (non-hydrogen) atoms. The number of aromatic nitrogens is 3. The van der Waals surface area contributed by atoms with Crippen molar-refractivity contribution >= 4 is 28.1 Å². The van der Waals surface area contributed by atoms with Crippen molar-refractivity contribution in [3.63, 3.8) is 0 Å². The summed E-state index contributed by atoms with van der Waals surface area (Å²) in [5.41, 5.74) is 3.19. The molecule has 0 saturated heterocycles. The fourth-order valence-corrected chi connectivity index (χ4v) is 3.46. The van der Waals surface area contributed by atoms with E-state index in [4.69, 9.17) is 0 Å². The number of para-hydroxylation sites is 1. The van der Waals surface area contributed by atoms with Crippen molar-refractivity contribution in [1.29, 1.82) is 0 Å². The Bertz CT molecular complexity index is 1010. The van der Waals surface area contributed by atoms with Crippen LogP contribution in [0.15, 0.2) is 78.4 Å². The Morgan fingerprint density at radius 2 is 1.81 bits per heavy atom. The minimum Gasteiger partial charge on any atom is -0.268 e. The highest BCUT2D eigenvalue weighted by Gasteiger charge is 2.22. The lowest BCUT2D eigenvalue weighted by Gasteiger charge is -2.20. The molecule has 0 saturated carbocycles. The Hall–Kier alpha value is -3.25. The zero-order valence-electron chi connectivity index (χ0n) is 14.1. The molecule has 4 rings (SSSR count). The number of aryl methyl sites for hydroxylation is 1. The highest BCUT2D eigenvalue weighted by molar-refractivity contribution is 7.14. The summed E-state index contributed by atoms with van der Waals surface area (Å²) < 4.78 is 1.76. The number of rotatable bonds is 4. The number of nitrogens with zero attached hydrogens (tertiary/aromatic N) is 4. The van der Waals surface area contributed by atoms with Crippen LogP contribution in [-0.4, -0.2) is 20.7 Å². The second-order valence-electron chi connectivity index (χ2n) is 5.75. The van der Waals surface area contributed by atoms with E-state index < -0.39 is 0 Å². The van der Waals surface area contributed by atoms with Gasteiger partial charge in [0.25, 0.3) is 5.91 Å². The lowest BCUT2D eigenvalue weighted by molar-refractivity contribution is 0.0999. The lowest BCUT2D eigenvalue weighted by atomic mass is 10.1. The minimum absolute atomic E-state index is 0.113. The van der Waals surface area contributed by atoms with E-state index in [1.165, 1.54) is 11.3 Å². The van der Waals surface area contributed by atoms with Gasteiger partial charge in [0.2, 0.25) is 0 Å². The SMILES string of the molecule is Cc1csc(N(C(=O)c2ccc(-n3cccn3)cc2)c2ccccc2)n1. The van der Waals surface area contributed by atoms with Gasteiger partial charge >= 0.3 is 0 Å². The van der Waals surface area contributed by atoms with E-state index in [1.54, 1.807) is 15.8 Å². The van der Waals surface area contributed by atoms with Crippen molar-refractivity contribution in [2.24, 2.45) is 0 Å². The van der Waals surface area contributed by atoms with E-state index in [1.807, 2.05) is 79.2 Å². The fraction of sp³-hybridized carbons (Fsp3) is 0.0500. The molecular formula is C20H16N4OS. The first-order valence-corrected chi connectivity index (χ1v) is 9.02. The Labute approximate surface area is 155 Å². The van der Waals surface area contributed by atoms with E-state index >= 15 is 0 Å². The van der Waals surface area contributed by atoms with Crippen LogP contribution in [-0.2, 0) is 0 Å². The summed E-state index contributed by atoms with van der Waals surface area (Å²) >= 11 is 1.46. The average Bonchev–Trinajstić information content (AvgIpc) is 3.35. The second kappa shape index (κ2) is 6.93. The molecule has 6 heteroatoms. The predicted octanol–water partition coefficient (Wildman–Crippen LogP) is 4.62. The van der Waals surface area contributed by atoms with Crippen LogP contribution in [0.3, 0.4) is 0 Å². The Morgan fingerprint density at radius 1 is 1.04 bits per heavy atom. The summed E-state index contributed by atoms with van der Waals surface area (Å²) in [5.74, 6) is -0.113. The summed E-state index contributed by atoms with van der Waals surface area (Å²) in [5, 5.41) is 6.81. The van der Waals surface area contributed by atoms with Gasteiger partial charge in [-0.1, -0.05) is 18.2 Å². The summed E-state index contributed by atoms with van der Waals surface area (Å²) in [4.78, 5) is 19.4. The molecule has 0 spiro atoms. The van der Waals surface area contributed by atoms with Gasteiger partial charge in [-0.25, -0.2) is 9.67 Å². The molecule has 0 radical (unpaired) electrons. The van der Waals surface area contributed by atoms with Crippen molar-refractivity contribution in [2.75, 3.05) is 4.90 Å². The van der Waals surface area contributed by atoms with Crippen molar-refractivity contribution < 1.29 is 4.79 Å². The summed E-state index contributed by atoms with van der Waals surface area (Å²) in [6.07, 6.45) is 3.59. The zero-order valence-corrected chi connectivity index (χ0v) is 14.9. The third-order valence-corrected chi connectivity index (χ3v) is 4.84. The Kier molecular flexibility index (Phi) is 4.33. The molecule has 0 unspecified atom stereocenters. The predicted molar refractivity (Wildman–Crippen MR) is 103 cm³/mol. The highest BCUT2D eigenvalue weighted by atomic mass is 32.1. The van der Waals surface area contributed by atoms with E-state index in [9.17, 15) is 4.79 Å². The number of carbonyl (C=O) groups is 1. The molecule has 128 valence electrons. The fourth-order valence-electron chi connectivity index (χ4n) is 2.64. The highest BCUT2D eigenvalue weighted by Crippen LogP contribution is 2.30. The monoisotopic (exact) mass is 360 g/mol. The van der Waals surface area contributed by atoms with Crippen LogP contribution in [0.5, 0.6) is 0 Å². The molecule has 0 fully saturated rings. The largest absolute Gasteiger partial charge is 0.268 e. The van der Waals surface area contributed by atoms with Crippen LogP contribution in [0, 0.1) is 6.92 Å². The van der Waals surface area contributed by atoms with Crippen LogP contribution >= 0.6 is 11.3 Å². The number of hydrogen-bond acceptors (Lipinski definition) is 4. The standard InChI is InChI=1S/C20H16N4OS/c1-15-14-26-20(22-15)24(18-6-3-2-4-7-18)19(25)16-8-10-17(11-9-16)23-13-5-12-21-23/h2-14H,1H3. The first-order chi connectivity index (χ1) is 12.7. The van der Waals surface area contributed by atoms with Gasteiger partial charge in [0.05, 0.1) is 17.1 Å². The van der Waals surface area contributed by atoms with Crippen LogP contribution in [0.4, 0.5) is 10.8 Å². The van der Waals surface area contributed by atoms with Gasteiger partial charge in [-0.05, 0) is 49.4 Å². The van der Waals surface area contributed by atoms with E-state index in [2.05, 4.69) is 10.1 Å². The lowest BCUT2D eigenvalue weighted by Crippen LogP contribution is -2.25.